The molecule has 1 aromatic heterocycles. The molecule has 1 fully saturated rings. The lowest BCUT2D eigenvalue weighted by Crippen LogP contribution is -2.34. The minimum absolute atomic E-state index is 0.0417. The normalized spacial score (nSPS) is 22.2. The fourth-order valence-electron chi connectivity index (χ4n) is 2.97. The van der Waals surface area contributed by atoms with Gasteiger partial charge in [0, 0.05) is 26.2 Å². The quantitative estimate of drug-likeness (QED) is 0.832. The SMILES string of the molecule is Cn1c(=O)oc2cc(S(=O)(=O)N3C[C@@H](C(F)(F)F)[C@H](C(=O)O)C3)ccc21. The van der Waals surface area contributed by atoms with Gasteiger partial charge in [0.1, 0.15) is 0 Å². The molecular formula is C14H13F3N2O6S. The Balaban J connectivity index is 2.00. The molecule has 0 spiro atoms. The lowest BCUT2D eigenvalue weighted by atomic mass is 9.96. The van der Waals surface area contributed by atoms with Crippen molar-refractivity contribution >= 4 is 27.1 Å². The van der Waals surface area contributed by atoms with E-state index < -0.39 is 52.9 Å². The maximum atomic E-state index is 13.1. The van der Waals surface area contributed by atoms with Gasteiger partial charge >= 0.3 is 17.9 Å². The van der Waals surface area contributed by atoms with Gasteiger partial charge < -0.3 is 9.52 Å². The topological polar surface area (TPSA) is 110 Å². The standard InChI is InChI=1S/C14H13F3N2O6S/c1-18-10-3-2-7(4-11(10)25-13(18)22)26(23,24)19-5-8(12(20)21)9(6-19)14(15,16)17/h2-4,8-9H,5-6H2,1H3,(H,20,21)/t8-,9-/m1/s1. The number of benzene rings is 1. The van der Waals surface area contributed by atoms with Crippen LogP contribution in [-0.4, -0.2) is 47.6 Å². The van der Waals surface area contributed by atoms with Gasteiger partial charge in [-0.25, -0.2) is 13.2 Å². The van der Waals surface area contributed by atoms with Gasteiger partial charge in [-0.15, -0.1) is 0 Å². The molecule has 1 aromatic carbocycles. The third-order valence-electron chi connectivity index (χ3n) is 4.43. The maximum Gasteiger partial charge on any atom is 0.419 e. The van der Waals surface area contributed by atoms with Crippen molar-refractivity contribution in [2.24, 2.45) is 18.9 Å². The molecular weight excluding hydrogens is 381 g/mol. The van der Waals surface area contributed by atoms with Crippen molar-refractivity contribution in [2.75, 3.05) is 13.1 Å². The Bertz CT molecular complexity index is 1040. The highest BCUT2D eigenvalue weighted by molar-refractivity contribution is 7.89. The number of aliphatic carboxylic acids is 1. The highest BCUT2D eigenvalue weighted by Crippen LogP contribution is 2.39. The van der Waals surface area contributed by atoms with Gasteiger partial charge in [0.2, 0.25) is 10.0 Å². The van der Waals surface area contributed by atoms with Crippen molar-refractivity contribution in [3.8, 4) is 0 Å². The number of aromatic nitrogens is 1. The molecule has 12 heteroatoms. The second-order valence-corrected chi connectivity index (χ2v) is 7.91. The molecule has 2 atom stereocenters. The van der Waals surface area contributed by atoms with Crippen LogP contribution in [0.5, 0.6) is 0 Å². The molecule has 1 aliphatic rings. The maximum absolute atomic E-state index is 13.1. The van der Waals surface area contributed by atoms with E-state index in [1.807, 2.05) is 0 Å². The Hall–Kier alpha value is -2.34. The first-order valence-electron chi connectivity index (χ1n) is 7.32. The van der Waals surface area contributed by atoms with Crippen LogP contribution in [0.3, 0.4) is 0 Å². The largest absolute Gasteiger partial charge is 0.481 e. The van der Waals surface area contributed by atoms with Crippen LogP contribution in [-0.2, 0) is 21.9 Å². The number of carbonyl (C=O) groups is 1. The Morgan fingerprint density at radius 3 is 2.50 bits per heavy atom. The van der Waals surface area contributed by atoms with Crippen molar-refractivity contribution < 1.29 is 35.9 Å². The zero-order chi connectivity index (χ0) is 19.4. The zero-order valence-electron chi connectivity index (χ0n) is 13.2. The van der Waals surface area contributed by atoms with E-state index in [9.17, 15) is 31.2 Å². The van der Waals surface area contributed by atoms with Gasteiger partial charge in [-0.2, -0.15) is 17.5 Å². The van der Waals surface area contributed by atoms with Crippen molar-refractivity contribution in [2.45, 2.75) is 11.1 Å². The highest BCUT2D eigenvalue weighted by Gasteiger charge is 2.55. The molecule has 0 bridgehead atoms. The van der Waals surface area contributed by atoms with Gasteiger partial charge in [0.15, 0.2) is 5.58 Å². The molecule has 3 rings (SSSR count). The molecule has 0 unspecified atom stereocenters. The number of nitrogens with zero attached hydrogens (tertiary/aromatic N) is 2. The van der Waals surface area contributed by atoms with Gasteiger partial charge in [-0.3, -0.25) is 9.36 Å². The molecule has 2 heterocycles. The second-order valence-electron chi connectivity index (χ2n) is 5.97. The minimum atomic E-state index is -4.84. The summed E-state index contributed by atoms with van der Waals surface area (Å²) in [6, 6.07) is 3.45. The van der Waals surface area contributed by atoms with Crippen molar-refractivity contribution in [1.29, 1.82) is 0 Å². The first-order valence-corrected chi connectivity index (χ1v) is 8.76. The average Bonchev–Trinajstić information content (AvgIpc) is 3.10. The van der Waals surface area contributed by atoms with Crippen LogP contribution < -0.4 is 5.76 Å². The van der Waals surface area contributed by atoms with Crippen molar-refractivity contribution in [1.82, 2.24) is 8.87 Å². The number of fused-ring (bicyclic) bond motifs is 1. The van der Waals surface area contributed by atoms with E-state index >= 15 is 0 Å². The lowest BCUT2D eigenvalue weighted by molar-refractivity contribution is -0.187. The molecule has 0 radical (unpaired) electrons. The van der Waals surface area contributed by atoms with Gasteiger partial charge in [0.25, 0.3) is 0 Å². The van der Waals surface area contributed by atoms with E-state index in [4.69, 9.17) is 9.52 Å². The van der Waals surface area contributed by atoms with E-state index in [1.165, 1.54) is 13.1 Å². The number of alkyl halides is 3. The predicted octanol–water partition coefficient (Wildman–Crippen LogP) is 1.02. The van der Waals surface area contributed by atoms with E-state index in [0.29, 0.717) is 9.82 Å². The number of hydrogen-bond acceptors (Lipinski definition) is 5. The first-order chi connectivity index (χ1) is 11.9. The molecule has 2 aromatic rings. The van der Waals surface area contributed by atoms with Crippen molar-refractivity contribution in [3.63, 3.8) is 0 Å². The van der Waals surface area contributed by atoms with Crippen LogP contribution in [0.1, 0.15) is 0 Å². The number of rotatable bonds is 3. The Labute approximate surface area is 144 Å². The van der Waals surface area contributed by atoms with Crippen LogP contribution in [0.25, 0.3) is 11.1 Å². The predicted molar refractivity (Wildman–Crippen MR) is 80.9 cm³/mol. The zero-order valence-corrected chi connectivity index (χ0v) is 14.0. The fourth-order valence-corrected chi connectivity index (χ4v) is 4.48. The third kappa shape index (κ3) is 2.88. The fraction of sp³-hybridized carbons (Fsp3) is 0.429. The summed E-state index contributed by atoms with van der Waals surface area (Å²) >= 11 is 0. The Morgan fingerprint density at radius 1 is 1.31 bits per heavy atom. The molecule has 0 aliphatic carbocycles. The average molecular weight is 394 g/mol. The summed E-state index contributed by atoms with van der Waals surface area (Å²) in [7, 11) is -2.98. The number of oxazole rings is 1. The summed E-state index contributed by atoms with van der Waals surface area (Å²) in [6.45, 7) is -1.78. The summed E-state index contributed by atoms with van der Waals surface area (Å²) in [5.41, 5.74) is 0.270. The third-order valence-corrected chi connectivity index (χ3v) is 6.25. The minimum Gasteiger partial charge on any atom is -0.481 e. The Kier molecular flexibility index (Phi) is 4.15. The molecule has 1 N–H and O–H groups in total. The summed E-state index contributed by atoms with van der Waals surface area (Å²) in [4.78, 5) is 22.2. The number of aryl methyl sites for hydroxylation is 1. The van der Waals surface area contributed by atoms with E-state index in [2.05, 4.69) is 0 Å². The van der Waals surface area contributed by atoms with Crippen LogP contribution >= 0.6 is 0 Å². The second kappa shape index (κ2) is 5.84. The van der Waals surface area contributed by atoms with E-state index in [1.54, 1.807) is 0 Å². The van der Waals surface area contributed by atoms with Gasteiger partial charge in [-0.1, -0.05) is 0 Å². The number of carboxylic acids is 1. The van der Waals surface area contributed by atoms with Crippen LogP contribution in [0.2, 0.25) is 0 Å². The number of hydrogen-bond donors (Lipinski definition) is 1. The molecule has 1 aliphatic heterocycles. The molecule has 0 saturated carbocycles. The van der Waals surface area contributed by atoms with Gasteiger partial charge in [-0.05, 0) is 12.1 Å². The van der Waals surface area contributed by atoms with Gasteiger partial charge in [0.05, 0.1) is 22.2 Å². The number of sulfonamides is 1. The summed E-state index contributed by atoms with van der Waals surface area (Å²) < 4.78 is 71.0. The molecule has 8 nitrogen and oxygen atoms in total. The smallest absolute Gasteiger partial charge is 0.419 e. The lowest BCUT2D eigenvalue weighted by Gasteiger charge is -2.18. The molecule has 142 valence electrons. The van der Waals surface area contributed by atoms with Crippen LogP contribution in [0, 0.1) is 11.8 Å². The number of halogens is 3. The monoisotopic (exact) mass is 394 g/mol. The summed E-state index contributed by atoms with van der Waals surface area (Å²) in [6.07, 6.45) is -4.84. The van der Waals surface area contributed by atoms with Crippen LogP contribution in [0.15, 0.2) is 32.3 Å². The molecule has 26 heavy (non-hydrogen) atoms. The summed E-state index contributed by atoms with van der Waals surface area (Å²) in [5.74, 6) is -6.62. The van der Waals surface area contributed by atoms with Crippen LogP contribution in [0.4, 0.5) is 13.2 Å². The van der Waals surface area contributed by atoms with Crippen molar-refractivity contribution in [3.05, 3.63) is 28.7 Å². The molecule has 0 amide bonds. The Morgan fingerprint density at radius 2 is 1.96 bits per heavy atom. The van der Waals surface area contributed by atoms with E-state index in [0.717, 1.165) is 16.7 Å². The number of carboxylic acid groups (broad SMARTS) is 1. The first kappa shape index (κ1) is 18.5. The highest BCUT2D eigenvalue weighted by atomic mass is 32.2. The molecule has 1 saturated heterocycles. The van der Waals surface area contributed by atoms with E-state index in [-0.39, 0.29) is 10.5 Å². The summed E-state index contributed by atoms with van der Waals surface area (Å²) in [5, 5.41) is 9.00.